The van der Waals surface area contributed by atoms with Gasteiger partial charge in [0.2, 0.25) is 0 Å². The van der Waals surface area contributed by atoms with Crippen molar-refractivity contribution in [2.24, 2.45) is 5.41 Å². The van der Waals surface area contributed by atoms with Crippen LogP contribution in [0.2, 0.25) is 0 Å². The zero-order chi connectivity index (χ0) is 8.32. The Morgan fingerprint density at radius 1 is 1.45 bits per heavy atom. The van der Waals surface area contributed by atoms with Gasteiger partial charge in [-0.3, -0.25) is 0 Å². The van der Waals surface area contributed by atoms with Crippen LogP contribution in [0.5, 0.6) is 0 Å². The number of hydrogen-bond donors (Lipinski definition) is 1. The molecule has 0 spiro atoms. The van der Waals surface area contributed by atoms with Crippen LogP contribution in [0, 0.1) is 5.41 Å². The second-order valence-electron chi connectivity index (χ2n) is 3.87. The van der Waals surface area contributed by atoms with Crippen molar-refractivity contribution in [1.29, 1.82) is 0 Å². The lowest BCUT2D eigenvalue weighted by molar-refractivity contribution is -0.0187. The molecule has 1 saturated carbocycles. The number of thiol groups is 1. The minimum absolute atomic E-state index is 0.368. The molecule has 0 aromatic carbocycles. The van der Waals surface area contributed by atoms with E-state index in [1.807, 2.05) is 0 Å². The summed E-state index contributed by atoms with van der Waals surface area (Å²) in [5.74, 6) is 0.986. The summed E-state index contributed by atoms with van der Waals surface area (Å²) in [7, 11) is 0. The van der Waals surface area contributed by atoms with Crippen LogP contribution in [0.3, 0.4) is 0 Å². The second-order valence-corrected chi connectivity index (χ2v) is 4.19. The average molecular weight is 174 g/mol. The van der Waals surface area contributed by atoms with Crippen LogP contribution in [0.4, 0.5) is 0 Å². The van der Waals surface area contributed by atoms with Crippen LogP contribution < -0.4 is 0 Å². The van der Waals surface area contributed by atoms with E-state index >= 15 is 0 Å². The van der Waals surface area contributed by atoms with Crippen molar-refractivity contribution in [3.05, 3.63) is 0 Å². The molecule has 0 amide bonds. The zero-order valence-electron chi connectivity index (χ0n) is 7.47. The first-order valence-corrected chi connectivity index (χ1v) is 5.04. The van der Waals surface area contributed by atoms with Crippen LogP contribution in [0.25, 0.3) is 0 Å². The van der Waals surface area contributed by atoms with E-state index in [1.165, 1.54) is 19.3 Å². The third-order valence-corrected chi connectivity index (χ3v) is 3.14. The summed E-state index contributed by atoms with van der Waals surface area (Å²) in [5, 5.41) is 0. The number of ether oxygens (including phenoxy) is 1. The standard InChI is InChI=1S/C9H18OS/c1-8(2)10-6-9(7-11)4-3-5-9/h8,11H,3-7H2,1-2H3. The Labute approximate surface area is 74.9 Å². The molecule has 11 heavy (non-hydrogen) atoms. The summed E-state index contributed by atoms with van der Waals surface area (Å²) in [6, 6.07) is 0. The molecule has 1 aliphatic rings. The fourth-order valence-electron chi connectivity index (χ4n) is 1.37. The van der Waals surface area contributed by atoms with Gasteiger partial charge in [-0.25, -0.2) is 0 Å². The summed E-state index contributed by atoms with van der Waals surface area (Å²) < 4.78 is 5.59. The Hall–Kier alpha value is 0.310. The minimum atomic E-state index is 0.368. The van der Waals surface area contributed by atoms with Gasteiger partial charge in [0, 0.05) is 5.41 Å². The van der Waals surface area contributed by atoms with Crippen LogP contribution in [-0.4, -0.2) is 18.5 Å². The molecule has 1 aliphatic carbocycles. The fourth-order valence-corrected chi connectivity index (χ4v) is 1.78. The summed E-state index contributed by atoms with van der Waals surface area (Å²) in [5.41, 5.74) is 0.438. The van der Waals surface area contributed by atoms with E-state index in [1.54, 1.807) is 0 Å². The lowest BCUT2D eigenvalue weighted by Crippen LogP contribution is -2.37. The number of rotatable bonds is 4. The van der Waals surface area contributed by atoms with Gasteiger partial charge in [-0.2, -0.15) is 12.6 Å². The fraction of sp³-hybridized carbons (Fsp3) is 1.00. The van der Waals surface area contributed by atoms with Gasteiger partial charge in [-0.15, -0.1) is 0 Å². The van der Waals surface area contributed by atoms with Crippen molar-refractivity contribution in [3.8, 4) is 0 Å². The predicted octanol–water partition coefficient (Wildman–Crippen LogP) is 2.51. The first kappa shape index (κ1) is 9.40. The van der Waals surface area contributed by atoms with Crippen molar-refractivity contribution in [2.45, 2.75) is 39.2 Å². The van der Waals surface area contributed by atoms with Crippen molar-refractivity contribution >= 4 is 12.6 Å². The molecular weight excluding hydrogens is 156 g/mol. The Morgan fingerprint density at radius 2 is 2.09 bits per heavy atom. The van der Waals surface area contributed by atoms with Gasteiger partial charge in [0.15, 0.2) is 0 Å². The maximum Gasteiger partial charge on any atom is 0.0533 e. The van der Waals surface area contributed by atoms with Gasteiger partial charge in [0.05, 0.1) is 12.7 Å². The Balaban J connectivity index is 2.22. The van der Waals surface area contributed by atoms with E-state index in [9.17, 15) is 0 Å². The van der Waals surface area contributed by atoms with Crippen molar-refractivity contribution < 1.29 is 4.74 Å². The van der Waals surface area contributed by atoms with Gasteiger partial charge >= 0.3 is 0 Å². The smallest absolute Gasteiger partial charge is 0.0533 e. The normalized spacial score (nSPS) is 21.8. The van der Waals surface area contributed by atoms with E-state index in [-0.39, 0.29) is 0 Å². The first-order chi connectivity index (χ1) is 5.18. The SMILES string of the molecule is CC(C)OCC1(CS)CCC1. The molecule has 0 N–H and O–H groups in total. The molecule has 0 heterocycles. The molecule has 0 aromatic rings. The highest BCUT2D eigenvalue weighted by atomic mass is 32.1. The molecule has 1 fully saturated rings. The highest BCUT2D eigenvalue weighted by molar-refractivity contribution is 7.80. The van der Waals surface area contributed by atoms with Gasteiger partial charge in [-0.05, 0) is 32.4 Å². The van der Waals surface area contributed by atoms with Crippen LogP contribution in [0.1, 0.15) is 33.1 Å². The molecule has 0 bridgehead atoms. The topological polar surface area (TPSA) is 9.23 Å². The molecule has 0 saturated heterocycles. The van der Waals surface area contributed by atoms with Crippen molar-refractivity contribution in [2.75, 3.05) is 12.4 Å². The van der Waals surface area contributed by atoms with Crippen molar-refractivity contribution in [1.82, 2.24) is 0 Å². The van der Waals surface area contributed by atoms with Gasteiger partial charge in [0.25, 0.3) is 0 Å². The summed E-state index contributed by atoms with van der Waals surface area (Å²) in [6.07, 6.45) is 4.35. The number of hydrogen-bond acceptors (Lipinski definition) is 2. The molecule has 0 unspecified atom stereocenters. The molecule has 1 rings (SSSR count). The molecule has 1 nitrogen and oxygen atoms in total. The van der Waals surface area contributed by atoms with Crippen molar-refractivity contribution in [3.63, 3.8) is 0 Å². The molecule has 2 heteroatoms. The summed E-state index contributed by atoms with van der Waals surface area (Å²) >= 11 is 4.35. The van der Waals surface area contributed by atoms with E-state index in [0.29, 0.717) is 11.5 Å². The lowest BCUT2D eigenvalue weighted by Gasteiger charge is -2.40. The Morgan fingerprint density at radius 3 is 2.36 bits per heavy atom. The van der Waals surface area contributed by atoms with E-state index < -0.39 is 0 Å². The maximum absolute atomic E-state index is 5.59. The lowest BCUT2D eigenvalue weighted by atomic mass is 9.71. The third kappa shape index (κ3) is 2.38. The zero-order valence-corrected chi connectivity index (χ0v) is 8.36. The Bertz CT molecular complexity index is 113. The van der Waals surface area contributed by atoms with Crippen LogP contribution >= 0.6 is 12.6 Å². The highest BCUT2D eigenvalue weighted by Gasteiger charge is 2.35. The largest absolute Gasteiger partial charge is 0.378 e. The molecule has 0 aliphatic heterocycles. The molecule has 0 atom stereocenters. The third-order valence-electron chi connectivity index (χ3n) is 2.47. The quantitative estimate of drug-likeness (QED) is 0.644. The Kier molecular flexibility index (Phi) is 3.26. The van der Waals surface area contributed by atoms with E-state index in [4.69, 9.17) is 4.74 Å². The highest BCUT2D eigenvalue weighted by Crippen LogP contribution is 2.42. The second kappa shape index (κ2) is 3.81. The first-order valence-electron chi connectivity index (χ1n) is 4.41. The van der Waals surface area contributed by atoms with Gasteiger partial charge in [-0.1, -0.05) is 6.42 Å². The monoisotopic (exact) mass is 174 g/mol. The van der Waals surface area contributed by atoms with Gasteiger partial charge < -0.3 is 4.74 Å². The predicted molar refractivity (Wildman–Crippen MR) is 51.2 cm³/mol. The molecule has 66 valence electrons. The van der Waals surface area contributed by atoms with E-state index in [0.717, 1.165) is 12.4 Å². The van der Waals surface area contributed by atoms with E-state index in [2.05, 4.69) is 26.5 Å². The van der Waals surface area contributed by atoms with Crippen LogP contribution in [0.15, 0.2) is 0 Å². The molecular formula is C9H18OS. The summed E-state index contributed by atoms with van der Waals surface area (Å²) in [4.78, 5) is 0. The average Bonchev–Trinajstić information content (AvgIpc) is 1.86. The molecule has 0 radical (unpaired) electrons. The summed E-state index contributed by atoms with van der Waals surface area (Å²) in [6.45, 7) is 5.09. The maximum atomic E-state index is 5.59. The molecule has 0 aromatic heterocycles. The minimum Gasteiger partial charge on any atom is -0.378 e. The van der Waals surface area contributed by atoms with Crippen LogP contribution in [-0.2, 0) is 4.74 Å². The van der Waals surface area contributed by atoms with Gasteiger partial charge in [0.1, 0.15) is 0 Å².